The maximum Gasteiger partial charge on any atom is 0.244 e. The molecule has 0 radical (unpaired) electrons. The third kappa shape index (κ3) is 3.93. The number of piperidine rings is 1. The van der Waals surface area contributed by atoms with Crippen molar-refractivity contribution in [2.75, 3.05) is 25.1 Å². The number of nitrogens with one attached hydrogen (secondary N) is 2. The van der Waals surface area contributed by atoms with E-state index >= 15 is 0 Å². The van der Waals surface area contributed by atoms with Crippen LogP contribution in [0.15, 0.2) is 29.2 Å². The molecule has 1 aliphatic carbocycles. The van der Waals surface area contributed by atoms with Gasteiger partial charge >= 0.3 is 0 Å². The van der Waals surface area contributed by atoms with Crippen molar-refractivity contribution in [2.24, 2.45) is 0 Å². The fourth-order valence-corrected chi connectivity index (χ4v) is 4.95. The number of aromatic amines is 1. The van der Waals surface area contributed by atoms with Gasteiger partial charge in [0.2, 0.25) is 10.0 Å². The fourth-order valence-electron chi connectivity index (χ4n) is 3.46. The first-order valence-corrected chi connectivity index (χ1v) is 10.6. The SMILES string of the molecule is COc1ccc(F)cc1S(=O)(=O)NC1CCN(c2cc(C3CC3)[nH]n2)CC1. The summed E-state index contributed by atoms with van der Waals surface area (Å²) in [5.41, 5.74) is 1.19. The van der Waals surface area contributed by atoms with Crippen LogP contribution in [-0.4, -0.2) is 44.9 Å². The topological polar surface area (TPSA) is 87.3 Å². The molecular formula is C18H23FN4O3S. The second-order valence-electron chi connectivity index (χ2n) is 7.13. The lowest BCUT2D eigenvalue weighted by molar-refractivity contribution is 0.399. The molecule has 146 valence electrons. The van der Waals surface area contributed by atoms with E-state index < -0.39 is 15.8 Å². The molecule has 27 heavy (non-hydrogen) atoms. The lowest BCUT2D eigenvalue weighted by Gasteiger charge is -2.32. The van der Waals surface area contributed by atoms with Crippen molar-refractivity contribution in [3.05, 3.63) is 35.8 Å². The highest BCUT2D eigenvalue weighted by Gasteiger charge is 2.29. The van der Waals surface area contributed by atoms with Crippen molar-refractivity contribution in [1.29, 1.82) is 0 Å². The van der Waals surface area contributed by atoms with E-state index in [2.05, 4.69) is 25.9 Å². The summed E-state index contributed by atoms with van der Waals surface area (Å²) >= 11 is 0. The first-order chi connectivity index (χ1) is 13.0. The Hall–Kier alpha value is -2.13. The minimum absolute atomic E-state index is 0.130. The average molecular weight is 394 g/mol. The van der Waals surface area contributed by atoms with E-state index in [-0.39, 0.29) is 16.7 Å². The van der Waals surface area contributed by atoms with Crippen LogP contribution in [0.4, 0.5) is 10.2 Å². The summed E-state index contributed by atoms with van der Waals surface area (Å²) in [5, 5.41) is 7.49. The highest BCUT2D eigenvalue weighted by Crippen LogP contribution is 2.40. The summed E-state index contributed by atoms with van der Waals surface area (Å²) in [6.07, 6.45) is 3.75. The lowest BCUT2D eigenvalue weighted by atomic mass is 10.1. The van der Waals surface area contributed by atoms with Gasteiger partial charge in [0.05, 0.1) is 7.11 Å². The number of anilines is 1. The molecule has 2 fully saturated rings. The van der Waals surface area contributed by atoms with Crippen LogP contribution >= 0.6 is 0 Å². The van der Waals surface area contributed by atoms with Crippen LogP contribution in [0, 0.1) is 5.82 Å². The monoisotopic (exact) mass is 394 g/mol. The highest BCUT2D eigenvalue weighted by atomic mass is 32.2. The average Bonchev–Trinajstić information content (AvgIpc) is 3.39. The van der Waals surface area contributed by atoms with E-state index in [1.807, 2.05) is 0 Å². The molecule has 1 aliphatic heterocycles. The van der Waals surface area contributed by atoms with Gasteiger partial charge in [0, 0.05) is 36.8 Å². The zero-order valence-electron chi connectivity index (χ0n) is 15.1. The van der Waals surface area contributed by atoms with Crippen molar-refractivity contribution in [1.82, 2.24) is 14.9 Å². The summed E-state index contributed by atoms with van der Waals surface area (Å²) in [4.78, 5) is 1.99. The molecule has 9 heteroatoms. The van der Waals surface area contributed by atoms with Gasteiger partial charge in [0.1, 0.15) is 16.5 Å². The number of H-pyrrole nitrogens is 1. The van der Waals surface area contributed by atoms with Crippen molar-refractivity contribution >= 4 is 15.8 Å². The van der Waals surface area contributed by atoms with Gasteiger partial charge in [-0.3, -0.25) is 5.10 Å². The minimum atomic E-state index is -3.86. The molecule has 7 nitrogen and oxygen atoms in total. The number of sulfonamides is 1. The molecule has 0 bridgehead atoms. The molecule has 4 rings (SSSR count). The minimum Gasteiger partial charge on any atom is -0.495 e. The van der Waals surface area contributed by atoms with E-state index in [1.165, 1.54) is 37.8 Å². The Balaban J connectivity index is 1.40. The predicted octanol–water partition coefficient (Wildman–Crippen LogP) is 2.38. The summed E-state index contributed by atoms with van der Waals surface area (Å²) in [5.74, 6) is 1.06. The number of hydrogen-bond acceptors (Lipinski definition) is 5. The molecule has 2 aliphatic rings. The van der Waals surface area contributed by atoms with Crippen LogP contribution in [0.2, 0.25) is 0 Å². The van der Waals surface area contributed by atoms with Crippen LogP contribution in [0.5, 0.6) is 5.75 Å². The van der Waals surface area contributed by atoms with Gasteiger partial charge in [-0.1, -0.05) is 0 Å². The van der Waals surface area contributed by atoms with Gasteiger partial charge in [-0.25, -0.2) is 17.5 Å². The maximum atomic E-state index is 13.5. The van der Waals surface area contributed by atoms with Crippen molar-refractivity contribution in [3.63, 3.8) is 0 Å². The molecule has 1 aromatic carbocycles. The lowest BCUT2D eigenvalue weighted by Crippen LogP contribution is -2.44. The van der Waals surface area contributed by atoms with E-state index in [0.717, 1.165) is 11.9 Å². The number of nitrogens with zero attached hydrogens (tertiary/aromatic N) is 2. The molecule has 2 heterocycles. The van der Waals surface area contributed by atoms with E-state index in [1.54, 1.807) is 0 Å². The fraction of sp³-hybridized carbons (Fsp3) is 0.500. The van der Waals surface area contributed by atoms with E-state index in [9.17, 15) is 12.8 Å². The van der Waals surface area contributed by atoms with Crippen LogP contribution in [0.25, 0.3) is 0 Å². The number of rotatable bonds is 6. The molecule has 1 saturated carbocycles. The zero-order valence-corrected chi connectivity index (χ0v) is 15.9. The number of methoxy groups -OCH3 is 1. The first-order valence-electron chi connectivity index (χ1n) is 9.12. The van der Waals surface area contributed by atoms with Gasteiger partial charge in [-0.2, -0.15) is 5.10 Å². The molecule has 0 amide bonds. The smallest absolute Gasteiger partial charge is 0.244 e. The van der Waals surface area contributed by atoms with Crippen molar-refractivity contribution < 1.29 is 17.5 Å². The number of benzene rings is 1. The summed E-state index contributed by atoms with van der Waals surface area (Å²) < 4.78 is 46.7. The van der Waals surface area contributed by atoms with Gasteiger partial charge < -0.3 is 9.64 Å². The van der Waals surface area contributed by atoms with Gasteiger partial charge in [0.15, 0.2) is 5.82 Å². The van der Waals surface area contributed by atoms with Crippen LogP contribution in [0.3, 0.4) is 0 Å². The first kappa shape index (κ1) is 18.2. The van der Waals surface area contributed by atoms with Crippen molar-refractivity contribution in [3.8, 4) is 5.75 Å². The molecule has 2 N–H and O–H groups in total. The normalized spacial score (nSPS) is 18.7. The van der Waals surface area contributed by atoms with Crippen LogP contribution in [0.1, 0.15) is 37.3 Å². The second-order valence-corrected chi connectivity index (χ2v) is 8.82. The predicted molar refractivity (Wildman–Crippen MR) is 99.1 cm³/mol. The van der Waals surface area contributed by atoms with Gasteiger partial charge in [0.25, 0.3) is 0 Å². The number of aromatic nitrogens is 2. The Labute approximate surface area is 158 Å². The Morgan fingerprint density at radius 3 is 2.63 bits per heavy atom. The highest BCUT2D eigenvalue weighted by molar-refractivity contribution is 7.89. The maximum absolute atomic E-state index is 13.5. The molecule has 0 unspecified atom stereocenters. The quantitative estimate of drug-likeness (QED) is 0.786. The molecule has 0 spiro atoms. The molecule has 1 aromatic heterocycles. The number of ether oxygens (including phenoxy) is 1. The van der Waals surface area contributed by atoms with Crippen LogP contribution < -0.4 is 14.4 Å². The summed E-state index contributed by atoms with van der Waals surface area (Å²) in [7, 11) is -2.50. The Morgan fingerprint density at radius 2 is 1.96 bits per heavy atom. The van der Waals surface area contributed by atoms with E-state index in [4.69, 9.17) is 4.74 Å². The van der Waals surface area contributed by atoms with E-state index in [0.29, 0.717) is 31.8 Å². The number of halogens is 1. The second kappa shape index (κ2) is 7.12. The molecule has 1 saturated heterocycles. The Morgan fingerprint density at radius 1 is 1.22 bits per heavy atom. The molecular weight excluding hydrogens is 371 g/mol. The third-order valence-corrected chi connectivity index (χ3v) is 6.70. The van der Waals surface area contributed by atoms with Crippen molar-refractivity contribution in [2.45, 2.75) is 42.5 Å². The Kier molecular flexibility index (Phi) is 4.81. The molecule has 0 atom stereocenters. The van der Waals surface area contributed by atoms with Gasteiger partial charge in [-0.15, -0.1) is 0 Å². The standard InChI is InChI=1S/C18H23FN4O3S/c1-26-16-5-4-13(19)10-17(16)27(24,25)22-14-6-8-23(9-7-14)18-11-15(20-21-18)12-2-3-12/h4-5,10-12,14,22H,2-3,6-9H2,1H3,(H,20,21). The summed E-state index contributed by atoms with van der Waals surface area (Å²) in [6.45, 7) is 1.42. The third-order valence-electron chi connectivity index (χ3n) is 5.16. The molecule has 2 aromatic rings. The summed E-state index contributed by atoms with van der Waals surface area (Å²) in [6, 6.07) is 5.37. The largest absolute Gasteiger partial charge is 0.495 e. The Bertz CT molecular complexity index is 918. The van der Waals surface area contributed by atoms with Crippen LogP contribution in [-0.2, 0) is 10.0 Å². The number of hydrogen-bond donors (Lipinski definition) is 2. The zero-order chi connectivity index (χ0) is 19.0. The van der Waals surface area contributed by atoms with Gasteiger partial charge in [-0.05, 0) is 43.9 Å².